The fourth-order valence-electron chi connectivity index (χ4n) is 2.68. The standard InChI is InChI=1S/C16H23NO2S/c1-11(2)10-15-16(12(3)4)17(15)20(18,19)14-8-6-13(5)7-9-14/h6-9,11,15-16H,3,10H2,1-2,4-5H3/t15-,16-,17?/m0/s1. The van der Waals surface area contributed by atoms with Gasteiger partial charge in [0.15, 0.2) is 0 Å². The summed E-state index contributed by atoms with van der Waals surface area (Å²) < 4.78 is 27.0. The van der Waals surface area contributed by atoms with Crippen LogP contribution in [0, 0.1) is 12.8 Å². The fraction of sp³-hybridized carbons (Fsp3) is 0.500. The van der Waals surface area contributed by atoms with Gasteiger partial charge in [-0.25, -0.2) is 8.42 Å². The molecule has 1 heterocycles. The molecule has 0 radical (unpaired) electrons. The molecule has 1 unspecified atom stereocenters. The summed E-state index contributed by atoms with van der Waals surface area (Å²) in [5.74, 6) is 0.472. The lowest BCUT2D eigenvalue weighted by Crippen LogP contribution is -2.16. The van der Waals surface area contributed by atoms with Crippen molar-refractivity contribution in [1.29, 1.82) is 0 Å². The van der Waals surface area contributed by atoms with Crippen molar-refractivity contribution < 1.29 is 8.42 Å². The lowest BCUT2D eigenvalue weighted by molar-refractivity contribution is 0.515. The Balaban J connectivity index is 2.29. The Bertz CT molecular complexity index is 602. The second-order valence-electron chi connectivity index (χ2n) is 6.14. The molecule has 3 atom stereocenters. The van der Waals surface area contributed by atoms with Gasteiger partial charge in [0.1, 0.15) is 0 Å². The van der Waals surface area contributed by atoms with Gasteiger partial charge in [-0.15, -0.1) is 0 Å². The van der Waals surface area contributed by atoms with Crippen molar-refractivity contribution in [3.63, 3.8) is 0 Å². The van der Waals surface area contributed by atoms with E-state index in [0.717, 1.165) is 17.6 Å². The molecule has 1 aromatic rings. The molecule has 0 aromatic heterocycles. The van der Waals surface area contributed by atoms with Crippen molar-refractivity contribution in [3.8, 4) is 0 Å². The van der Waals surface area contributed by atoms with Crippen molar-refractivity contribution in [2.75, 3.05) is 0 Å². The maximum absolute atomic E-state index is 12.7. The van der Waals surface area contributed by atoms with E-state index in [4.69, 9.17) is 0 Å². The van der Waals surface area contributed by atoms with Crippen molar-refractivity contribution in [1.82, 2.24) is 4.31 Å². The summed E-state index contributed by atoms with van der Waals surface area (Å²) in [6.07, 6.45) is 0.878. The topological polar surface area (TPSA) is 37.1 Å². The van der Waals surface area contributed by atoms with Crippen LogP contribution in [0.3, 0.4) is 0 Å². The second kappa shape index (κ2) is 5.34. The molecular formula is C16H23NO2S. The molecule has 1 fully saturated rings. The molecule has 0 spiro atoms. The number of hydrogen-bond acceptors (Lipinski definition) is 2. The largest absolute Gasteiger partial charge is 0.243 e. The summed E-state index contributed by atoms with van der Waals surface area (Å²) in [6.45, 7) is 12.0. The zero-order valence-corrected chi connectivity index (χ0v) is 13.4. The first-order chi connectivity index (χ1) is 9.25. The van der Waals surface area contributed by atoms with Gasteiger partial charge in [-0.3, -0.25) is 0 Å². The molecule has 3 nitrogen and oxygen atoms in total. The number of aryl methyl sites for hydroxylation is 1. The second-order valence-corrected chi connectivity index (χ2v) is 7.98. The van der Waals surface area contributed by atoms with E-state index in [0.29, 0.717) is 10.8 Å². The summed E-state index contributed by atoms with van der Waals surface area (Å²) in [7, 11) is -3.40. The van der Waals surface area contributed by atoms with Gasteiger partial charge < -0.3 is 0 Å². The molecule has 1 saturated heterocycles. The molecule has 1 aliphatic rings. The molecule has 1 aromatic carbocycles. The van der Waals surface area contributed by atoms with Gasteiger partial charge in [0.2, 0.25) is 10.0 Å². The first kappa shape index (κ1) is 15.3. The summed E-state index contributed by atoms with van der Waals surface area (Å²) >= 11 is 0. The van der Waals surface area contributed by atoms with Crippen LogP contribution < -0.4 is 0 Å². The van der Waals surface area contributed by atoms with E-state index >= 15 is 0 Å². The van der Waals surface area contributed by atoms with Crippen LogP contribution in [0.2, 0.25) is 0 Å². The third-order valence-corrected chi connectivity index (χ3v) is 5.61. The normalized spacial score (nSPS) is 25.8. The maximum atomic E-state index is 12.7. The van der Waals surface area contributed by atoms with Crippen LogP contribution in [0.15, 0.2) is 41.3 Å². The van der Waals surface area contributed by atoms with E-state index < -0.39 is 10.0 Å². The van der Waals surface area contributed by atoms with Gasteiger partial charge >= 0.3 is 0 Å². The Morgan fingerprint density at radius 1 is 1.30 bits per heavy atom. The monoisotopic (exact) mass is 293 g/mol. The lowest BCUT2D eigenvalue weighted by Gasteiger charge is -2.08. The molecular weight excluding hydrogens is 270 g/mol. The highest BCUT2D eigenvalue weighted by Gasteiger charge is 2.55. The Labute approximate surface area is 122 Å². The molecule has 0 bridgehead atoms. The average Bonchev–Trinajstić information content (AvgIpc) is 3.03. The predicted octanol–water partition coefficient (Wildman–Crippen LogP) is 3.36. The van der Waals surface area contributed by atoms with Crippen LogP contribution in [0.1, 0.15) is 32.8 Å². The fourth-order valence-corrected chi connectivity index (χ4v) is 4.52. The number of hydrogen-bond donors (Lipinski definition) is 0. The molecule has 0 amide bonds. The van der Waals surface area contributed by atoms with Crippen molar-refractivity contribution in [2.45, 2.75) is 51.1 Å². The number of nitrogens with zero attached hydrogens (tertiary/aromatic N) is 1. The van der Waals surface area contributed by atoms with Crippen molar-refractivity contribution in [2.24, 2.45) is 5.92 Å². The highest BCUT2D eigenvalue weighted by molar-refractivity contribution is 7.89. The number of benzene rings is 1. The third-order valence-electron chi connectivity index (χ3n) is 3.69. The van der Waals surface area contributed by atoms with Crippen LogP contribution in [-0.4, -0.2) is 24.8 Å². The molecule has 4 heteroatoms. The Kier molecular flexibility index (Phi) is 4.07. The third kappa shape index (κ3) is 2.81. The van der Waals surface area contributed by atoms with Gasteiger partial charge in [0, 0.05) is 6.04 Å². The van der Waals surface area contributed by atoms with Crippen LogP contribution in [0.25, 0.3) is 0 Å². The summed E-state index contributed by atoms with van der Waals surface area (Å²) in [5, 5.41) is 0. The maximum Gasteiger partial charge on any atom is 0.243 e. The molecule has 1 aliphatic heterocycles. The van der Waals surface area contributed by atoms with E-state index in [1.54, 1.807) is 16.4 Å². The number of rotatable bonds is 5. The smallest absolute Gasteiger partial charge is 0.207 e. The molecule has 0 N–H and O–H groups in total. The zero-order valence-electron chi connectivity index (χ0n) is 12.6. The van der Waals surface area contributed by atoms with Crippen molar-refractivity contribution >= 4 is 10.0 Å². The minimum Gasteiger partial charge on any atom is -0.207 e. The van der Waals surface area contributed by atoms with Gasteiger partial charge in [0.25, 0.3) is 0 Å². The molecule has 110 valence electrons. The molecule has 0 aliphatic carbocycles. The van der Waals surface area contributed by atoms with Gasteiger partial charge in [-0.2, -0.15) is 4.31 Å². The quantitative estimate of drug-likeness (QED) is 0.616. The summed E-state index contributed by atoms with van der Waals surface area (Å²) in [5.41, 5.74) is 1.98. The Hall–Kier alpha value is -1.13. The molecule has 2 rings (SSSR count). The highest BCUT2D eigenvalue weighted by Crippen LogP contribution is 2.42. The van der Waals surface area contributed by atoms with Crippen LogP contribution in [-0.2, 0) is 10.0 Å². The summed E-state index contributed by atoms with van der Waals surface area (Å²) in [6, 6.07) is 7.07. The summed E-state index contributed by atoms with van der Waals surface area (Å²) in [4.78, 5) is 0.376. The minimum atomic E-state index is -3.40. The Morgan fingerprint density at radius 2 is 1.85 bits per heavy atom. The van der Waals surface area contributed by atoms with Gasteiger partial charge in [-0.05, 0) is 38.3 Å². The number of sulfonamides is 1. The molecule has 0 saturated carbocycles. The SMILES string of the molecule is C=C(C)[C@H]1[C@H](CC(C)C)N1S(=O)(=O)c1ccc(C)cc1. The van der Waals surface area contributed by atoms with E-state index in [-0.39, 0.29) is 12.1 Å². The lowest BCUT2D eigenvalue weighted by atomic mass is 10.0. The van der Waals surface area contributed by atoms with E-state index in [1.807, 2.05) is 26.0 Å². The van der Waals surface area contributed by atoms with Crippen LogP contribution >= 0.6 is 0 Å². The first-order valence-corrected chi connectivity index (χ1v) is 8.44. The predicted molar refractivity (Wildman–Crippen MR) is 82.0 cm³/mol. The van der Waals surface area contributed by atoms with E-state index in [1.165, 1.54) is 0 Å². The minimum absolute atomic E-state index is 0.0382. The zero-order chi connectivity index (χ0) is 15.1. The van der Waals surface area contributed by atoms with Crippen LogP contribution in [0.4, 0.5) is 0 Å². The van der Waals surface area contributed by atoms with Gasteiger partial charge in [-0.1, -0.05) is 43.7 Å². The van der Waals surface area contributed by atoms with Crippen molar-refractivity contribution in [3.05, 3.63) is 42.0 Å². The average molecular weight is 293 g/mol. The van der Waals surface area contributed by atoms with E-state index in [2.05, 4.69) is 20.4 Å². The molecule has 20 heavy (non-hydrogen) atoms. The van der Waals surface area contributed by atoms with E-state index in [9.17, 15) is 8.42 Å². The highest BCUT2D eigenvalue weighted by atomic mass is 32.2. The van der Waals surface area contributed by atoms with Crippen LogP contribution in [0.5, 0.6) is 0 Å². The first-order valence-electron chi connectivity index (χ1n) is 7.00. The van der Waals surface area contributed by atoms with Gasteiger partial charge in [0.05, 0.1) is 10.9 Å². The Morgan fingerprint density at radius 3 is 2.30 bits per heavy atom.